The molecule has 2 aromatic rings. The minimum absolute atomic E-state index is 0.455. The number of carbonyl (C=O) groups is 2. The SMILES string of the molecule is O=CN1C(=O)Nc2cccc(Cl)c2C1c1ccccc1. The van der Waals surface area contributed by atoms with Gasteiger partial charge in [-0.15, -0.1) is 0 Å². The Balaban J connectivity index is 2.24. The van der Waals surface area contributed by atoms with Gasteiger partial charge in [-0.05, 0) is 17.7 Å². The van der Waals surface area contributed by atoms with Crippen molar-refractivity contribution in [2.45, 2.75) is 6.04 Å². The summed E-state index contributed by atoms with van der Waals surface area (Å²) in [6.07, 6.45) is 0.527. The van der Waals surface area contributed by atoms with Crippen molar-refractivity contribution in [2.75, 3.05) is 5.32 Å². The van der Waals surface area contributed by atoms with Crippen LogP contribution in [0.2, 0.25) is 5.02 Å². The van der Waals surface area contributed by atoms with Crippen molar-refractivity contribution >= 4 is 29.7 Å². The summed E-state index contributed by atoms with van der Waals surface area (Å²) in [5, 5.41) is 3.19. The van der Waals surface area contributed by atoms with Crippen molar-refractivity contribution in [1.82, 2.24) is 4.90 Å². The monoisotopic (exact) mass is 286 g/mol. The van der Waals surface area contributed by atoms with E-state index < -0.39 is 12.1 Å². The number of halogens is 1. The first-order valence-electron chi connectivity index (χ1n) is 6.10. The molecule has 1 N–H and O–H groups in total. The number of carbonyl (C=O) groups excluding carboxylic acids is 2. The molecule has 0 saturated carbocycles. The Morgan fingerprint density at radius 1 is 1.10 bits per heavy atom. The van der Waals surface area contributed by atoms with Crippen LogP contribution in [-0.4, -0.2) is 17.3 Å². The van der Waals surface area contributed by atoms with Crippen molar-refractivity contribution in [1.29, 1.82) is 0 Å². The van der Waals surface area contributed by atoms with Gasteiger partial charge in [-0.2, -0.15) is 0 Å². The number of anilines is 1. The molecule has 3 amide bonds. The fraction of sp³-hybridized carbons (Fsp3) is 0.0667. The Kier molecular flexibility index (Phi) is 3.16. The number of urea groups is 1. The van der Waals surface area contributed by atoms with Gasteiger partial charge in [0.25, 0.3) is 0 Å². The largest absolute Gasteiger partial charge is 0.329 e. The average molecular weight is 287 g/mol. The van der Waals surface area contributed by atoms with Crippen molar-refractivity contribution in [3.8, 4) is 0 Å². The number of nitrogens with one attached hydrogen (secondary N) is 1. The normalized spacial score (nSPS) is 17.4. The number of amides is 3. The minimum atomic E-state index is -0.508. The Labute approximate surface area is 121 Å². The highest BCUT2D eigenvalue weighted by Gasteiger charge is 2.34. The van der Waals surface area contributed by atoms with E-state index in [1.54, 1.807) is 18.2 Å². The molecule has 20 heavy (non-hydrogen) atoms. The molecule has 1 aliphatic heterocycles. The van der Waals surface area contributed by atoms with Crippen molar-refractivity contribution < 1.29 is 9.59 Å². The molecule has 0 aromatic heterocycles. The molecule has 1 atom stereocenters. The molecule has 0 saturated heterocycles. The van der Waals surface area contributed by atoms with Gasteiger partial charge in [-0.1, -0.05) is 48.0 Å². The van der Waals surface area contributed by atoms with Gasteiger partial charge in [0.05, 0.1) is 6.04 Å². The third-order valence-electron chi connectivity index (χ3n) is 3.31. The third-order valence-corrected chi connectivity index (χ3v) is 3.64. The second kappa shape index (κ2) is 4.98. The first kappa shape index (κ1) is 12.7. The number of imide groups is 1. The van der Waals surface area contributed by atoms with Crippen molar-refractivity contribution in [2.24, 2.45) is 0 Å². The van der Waals surface area contributed by atoms with Gasteiger partial charge < -0.3 is 5.32 Å². The fourth-order valence-corrected chi connectivity index (χ4v) is 2.71. The maximum atomic E-state index is 12.0. The Hall–Kier alpha value is -2.33. The quantitative estimate of drug-likeness (QED) is 0.860. The molecule has 0 bridgehead atoms. The number of nitrogens with zero attached hydrogens (tertiary/aromatic N) is 1. The lowest BCUT2D eigenvalue weighted by Crippen LogP contribution is -2.42. The Morgan fingerprint density at radius 3 is 2.55 bits per heavy atom. The molecule has 5 heteroatoms. The molecular weight excluding hydrogens is 276 g/mol. The van der Waals surface area contributed by atoms with Crippen LogP contribution in [0.4, 0.5) is 10.5 Å². The van der Waals surface area contributed by atoms with Crippen LogP contribution < -0.4 is 5.32 Å². The molecule has 4 nitrogen and oxygen atoms in total. The summed E-state index contributed by atoms with van der Waals surface area (Å²) in [4.78, 5) is 24.4. The maximum Gasteiger partial charge on any atom is 0.329 e. The second-order valence-corrected chi connectivity index (χ2v) is 4.86. The zero-order chi connectivity index (χ0) is 14.1. The van der Waals surface area contributed by atoms with Crippen LogP contribution in [0, 0.1) is 0 Å². The number of rotatable bonds is 2. The highest BCUT2D eigenvalue weighted by atomic mass is 35.5. The summed E-state index contributed by atoms with van der Waals surface area (Å²) in [7, 11) is 0. The second-order valence-electron chi connectivity index (χ2n) is 4.46. The average Bonchev–Trinajstić information content (AvgIpc) is 2.47. The molecule has 0 spiro atoms. The van der Waals surface area contributed by atoms with E-state index in [1.165, 1.54) is 0 Å². The maximum absolute atomic E-state index is 12.0. The summed E-state index contributed by atoms with van der Waals surface area (Å²) in [5.74, 6) is 0. The van der Waals surface area contributed by atoms with E-state index in [2.05, 4.69) is 5.32 Å². The van der Waals surface area contributed by atoms with E-state index in [-0.39, 0.29) is 0 Å². The summed E-state index contributed by atoms with van der Waals surface area (Å²) >= 11 is 6.26. The fourth-order valence-electron chi connectivity index (χ4n) is 2.43. The summed E-state index contributed by atoms with van der Waals surface area (Å²) in [6, 6.07) is 13.7. The first-order chi connectivity index (χ1) is 9.72. The third kappa shape index (κ3) is 1.94. The van der Waals surface area contributed by atoms with Gasteiger partial charge in [0.2, 0.25) is 6.41 Å². The van der Waals surface area contributed by atoms with E-state index in [4.69, 9.17) is 11.6 Å². The zero-order valence-electron chi connectivity index (χ0n) is 10.4. The molecule has 1 aliphatic rings. The van der Waals surface area contributed by atoms with Crippen LogP contribution in [0.3, 0.4) is 0 Å². The molecule has 1 heterocycles. The summed E-state index contributed by atoms with van der Waals surface area (Å²) < 4.78 is 0. The lowest BCUT2D eigenvalue weighted by molar-refractivity contribution is -0.116. The molecule has 0 radical (unpaired) electrons. The first-order valence-corrected chi connectivity index (χ1v) is 6.48. The number of benzene rings is 2. The lowest BCUT2D eigenvalue weighted by atomic mass is 9.94. The Bertz CT molecular complexity index is 673. The standard InChI is InChI=1S/C15H11ClN2O2/c16-11-7-4-8-12-13(11)14(10-5-2-1-3-6-10)18(9-19)15(20)17-12/h1-9,14H,(H,17,20). The zero-order valence-corrected chi connectivity index (χ0v) is 11.2. The predicted molar refractivity (Wildman–Crippen MR) is 76.7 cm³/mol. The topological polar surface area (TPSA) is 49.4 Å². The summed E-state index contributed by atoms with van der Waals surface area (Å²) in [6.45, 7) is 0. The van der Waals surface area contributed by atoms with Crippen LogP contribution in [0.1, 0.15) is 17.2 Å². The van der Waals surface area contributed by atoms with E-state index in [0.717, 1.165) is 16.0 Å². The Morgan fingerprint density at radius 2 is 1.85 bits per heavy atom. The van der Waals surface area contributed by atoms with Gasteiger partial charge in [0, 0.05) is 16.3 Å². The van der Waals surface area contributed by atoms with E-state index in [0.29, 0.717) is 17.1 Å². The van der Waals surface area contributed by atoms with Gasteiger partial charge in [0.15, 0.2) is 0 Å². The van der Waals surface area contributed by atoms with Crippen LogP contribution in [0.25, 0.3) is 0 Å². The molecular formula is C15H11ClN2O2. The van der Waals surface area contributed by atoms with Crippen molar-refractivity contribution in [3.05, 3.63) is 64.7 Å². The van der Waals surface area contributed by atoms with Crippen LogP contribution in [0.15, 0.2) is 48.5 Å². The van der Waals surface area contributed by atoms with E-state index in [1.807, 2.05) is 30.3 Å². The minimum Gasteiger partial charge on any atom is -0.307 e. The van der Waals surface area contributed by atoms with Gasteiger partial charge in [0.1, 0.15) is 0 Å². The summed E-state index contributed by atoms with van der Waals surface area (Å²) in [5.41, 5.74) is 2.20. The van der Waals surface area contributed by atoms with Gasteiger partial charge in [-0.25, -0.2) is 4.79 Å². The molecule has 3 rings (SSSR count). The predicted octanol–water partition coefficient (Wildman–Crippen LogP) is 3.43. The van der Waals surface area contributed by atoms with Crippen LogP contribution in [-0.2, 0) is 4.79 Å². The molecule has 0 aliphatic carbocycles. The lowest BCUT2D eigenvalue weighted by Gasteiger charge is -2.34. The van der Waals surface area contributed by atoms with Crippen molar-refractivity contribution in [3.63, 3.8) is 0 Å². The smallest absolute Gasteiger partial charge is 0.307 e. The number of hydrogen-bond acceptors (Lipinski definition) is 2. The molecule has 0 fully saturated rings. The van der Waals surface area contributed by atoms with Gasteiger partial charge in [-0.3, -0.25) is 9.69 Å². The van der Waals surface area contributed by atoms with Crippen LogP contribution in [0.5, 0.6) is 0 Å². The number of fused-ring (bicyclic) bond motifs is 1. The highest BCUT2D eigenvalue weighted by molar-refractivity contribution is 6.32. The molecule has 1 unspecified atom stereocenters. The van der Waals surface area contributed by atoms with Crippen LogP contribution >= 0.6 is 11.6 Å². The number of hydrogen-bond donors (Lipinski definition) is 1. The van der Waals surface area contributed by atoms with E-state index in [9.17, 15) is 9.59 Å². The molecule has 100 valence electrons. The molecule has 2 aromatic carbocycles. The van der Waals surface area contributed by atoms with E-state index >= 15 is 0 Å². The highest BCUT2D eigenvalue weighted by Crippen LogP contribution is 2.40. The van der Waals surface area contributed by atoms with Gasteiger partial charge >= 0.3 is 6.03 Å².